The summed E-state index contributed by atoms with van der Waals surface area (Å²) in [5.74, 6) is 0.749. The minimum atomic E-state index is 0.686. The van der Waals surface area contributed by atoms with E-state index >= 15 is 0 Å². The van der Waals surface area contributed by atoms with Gasteiger partial charge in [-0.3, -0.25) is 4.40 Å². The molecule has 100 valence electrons. The van der Waals surface area contributed by atoms with Crippen molar-refractivity contribution in [1.29, 1.82) is 0 Å². The molecule has 0 aliphatic heterocycles. The van der Waals surface area contributed by atoms with E-state index in [1.165, 1.54) is 0 Å². The zero-order chi connectivity index (χ0) is 14.1. The molecule has 5 heteroatoms. The molecule has 0 unspecified atom stereocenters. The molecule has 0 spiro atoms. The molecular formula is C15H13ClN4. The van der Waals surface area contributed by atoms with Gasteiger partial charge < -0.3 is 0 Å². The van der Waals surface area contributed by atoms with E-state index in [1.807, 2.05) is 48.7 Å². The van der Waals surface area contributed by atoms with Gasteiger partial charge in [-0.1, -0.05) is 17.7 Å². The van der Waals surface area contributed by atoms with Gasteiger partial charge in [0.05, 0.1) is 11.4 Å². The quantitative estimate of drug-likeness (QED) is 0.609. The Morgan fingerprint density at radius 1 is 1.00 bits per heavy atom. The van der Waals surface area contributed by atoms with Crippen LogP contribution in [0.3, 0.4) is 0 Å². The number of hydrogen-bond donors (Lipinski definition) is 0. The Kier molecular flexibility index (Phi) is 3.24. The molecule has 0 radical (unpaired) electrons. The third-order valence-corrected chi connectivity index (χ3v) is 3.25. The first-order valence-electron chi connectivity index (χ1n) is 6.26. The molecule has 3 rings (SSSR count). The monoisotopic (exact) mass is 284 g/mol. The summed E-state index contributed by atoms with van der Waals surface area (Å²) in [6.45, 7) is 3.97. The predicted molar refractivity (Wildman–Crippen MR) is 80.3 cm³/mol. The average Bonchev–Trinajstić information content (AvgIpc) is 2.73. The highest BCUT2D eigenvalue weighted by Crippen LogP contribution is 2.24. The Labute approximate surface area is 121 Å². The second-order valence-electron chi connectivity index (χ2n) is 4.63. The highest BCUT2D eigenvalue weighted by molar-refractivity contribution is 6.30. The van der Waals surface area contributed by atoms with E-state index in [0.29, 0.717) is 5.02 Å². The molecule has 0 saturated carbocycles. The molecule has 20 heavy (non-hydrogen) atoms. The first-order valence-corrected chi connectivity index (χ1v) is 6.64. The van der Waals surface area contributed by atoms with Gasteiger partial charge in [0.2, 0.25) is 0 Å². The summed E-state index contributed by atoms with van der Waals surface area (Å²) in [4.78, 5) is 4.47. The van der Waals surface area contributed by atoms with Gasteiger partial charge in [-0.2, -0.15) is 0 Å². The molecule has 0 amide bonds. The smallest absolute Gasteiger partial charge is 0.182 e. The molecule has 0 fully saturated rings. The molecule has 0 N–H and O–H groups in total. The van der Waals surface area contributed by atoms with E-state index < -0.39 is 0 Å². The largest absolute Gasteiger partial charge is 0.283 e. The van der Waals surface area contributed by atoms with Crippen molar-refractivity contribution in [2.24, 2.45) is 10.2 Å². The van der Waals surface area contributed by atoms with Crippen LogP contribution in [0, 0.1) is 13.8 Å². The summed E-state index contributed by atoms with van der Waals surface area (Å²) in [6.07, 6.45) is 2.01. The standard InChI is InChI=1S/C15H13ClN4/c1-10-3-8-14-17-11(2)15(20(14)9-10)19-18-13-6-4-12(16)5-7-13/h3-9H,1-2H3. The molecule has 0 atom stereocenters. The number of azo groups is 1. The molecule has 1 aromatic carbocycles. The molecule has 3 aromatic rings. The SMILES string of the molecule is Cc1ccc2nc(C)c(N=Nc3ccc(Cl)cc3)n2c1. The molecular weight excluding hydrogens is 272 g/mol. The maximum absolute atomic E-state index is 5.85. The van der Waals surface area contributed by atoms with Crippen LogP contribution in [-0.2, 0) is 0 Å². The zero-order valence-electron chi connectivity index (χ0n) is 11.2. The summed E-state index contributed by atoms with van der Waals surface area (Å²) in [7, 11) is 0. The Bertz CT molecular complexity index is 787. The lowest BCUT2D eigenvalue weighted by Gasteiger charge is -1.98. The molecule has 0 saturated heterocycles. The van der Waals surface area contributed by atoms with Gasteiger partial charge in [-0.25, -0.2) is 4.98 Å². The summed E-state index contributed by atoms with van der Waals surface area (Å²) >= 11 is 5.85. The van der Waals surface area contributed by atoms with E-state index in [4.69, 9.17) is 11.6 Å². The maximum atomic E-state index is 5.85. The van der Waals surface area contributed by atoms with E-state index in [9.17, 15) is 0 Å². The number of pyridine rings is 1. The number of benzene rings is 1. The Balaban J connectivity index is 2.03. The van der Waals surface area contributed by atoms with Crippen molar-refractivity contribution in [3.05, 3.63) is 58.9 Å². The van der Waals surface area contributed by atoms with E-state index in [2.05, 4.69) is 15.2 Å². The summed E-state index contributed by atoms with van der Waals surface area (Å²) in [6, 6.07) is 11.2. The first-order chi connectivity index (χ1) is 9.63. The van der Waals surface area contributed by atoms with Crippen LogP contribution in [0.4, 0.5) is 11.5 Å². The van der Waals surface area contributed by atoms with Crippen LogP contribution >= 0.6 is 11.6 Å². The van der Waals surface area contributed by atoms with Crippen molar-refractivity contribution in [3.8, 4) is 0 Å². The number of halogens is 1. The van der Waals surface area contributed by atoms with Gasteiger partial charge in [0, 0.05) is 11.2 Å². The first kappa shape index (κ1) is 12.8. The lowest BCUT2D eigenvalue weighted by Crippen LogP contribution is -1.84. The van der Waals surface area contributed by atoms with Crippen molar-refractivity contribution in [3.63, 3.8) is 0 Å². The Morgan fingerprint density at radius 2 is 1.75 bits per heavy atom. The summed E-state index contributed by atoms with van der Waals surface area (Å²) in [5, 5.41) is 9.24. The van der Waals surface area contributed by atoms with Gasteiger partial charge in [0.1, 0.15) is 5.65 Å². The second-order valence-corrected chi connectivity index (χ2v) is 5.07. The fourth-order valence-electron chi connectivity index (χ4n) is 1.99. The molecule has 2 aromatic heterocycles. The summed E-state index contributed by atoms with van der Waals surface area (Å²) < 4.78 is 1.95. The predicted octanol–water partition coefficient (Wildman–Crippen LogP) is 5.02. The van der Waals surface area contributed by atoms with Gasteiger partial charge in [-0.15, -0.1) is 10.2 Å². The van der Waals surface area contributed by atoms with E-state index in [1.54, 1.807) is 12.1 Å². The van der Waals surface area contributed by atoms with Crippen LogP contribution in [-0.4, -0.2) is 9.38 Å². The lowest BCUT2D eigenvalue weighted by atomic mass is 10.3. The Morgan fingerprint density at radius 3 is 2.50 bits per heavy atom. The van der Waals surface area contributed by atoms with E-state index in [0.717, 1.165) is 28.4 Å². The number of nitrogens with zero attached hydrogens (tertiary/aromatic N) is 4. The fourth-order valence-corrected chi connectivity index (χ4v) is 2.12. The second kappa shape index (κ2) is 5.06. The van der Waals surface area contributed by atoms with Crippen LogP contribution in [0.15, 0.2) is 52.8 Å². The van der Waals surface area contributed by atoms with Gasteiger partial charge >= 0.3 is 0 Å². The van der Waals surface area contributed by atoms with Crippen LogP contribution < -0.4 is 0 Å². The van der Waals surface area contributed by atoms with Crippen LogP contribution in [0.25, 0.3) is 5.65 Å². The zero-order valence-corrected chi connectivity index (χ0v) is 12.0. The van der Waals surface area contributed by atoms with Crippen molar-refractivity contribution >= 4 is 28.8 Å². The van der Waals surface area contributed by atoms with Gasteiger partial charge in [0.25, 0.3) is 0 Å². The van der Waals surface area contributed by atoms with Crippen molar-refractivity contribution in [2.75, 3.05) is 0 Å². The Hall–Kier alpha value is -2.20. The highest BCUT2D eigenvalue weighted by Gasteiger charge is 2.07. The minimum absolute atomic E-state index is 0.686. The lowest BCUT2D eigenvalue weighted by molar-refractivity contribution is 1.08. The van der Waals surface area contributed by atoms with Gasteiger partial charge in [0.15, 0.2) is 5.82 Å². The third-order valence-electron chi connectivity index (χ3n) is 3.00. The fraction of sp³-hybridized carbons (Fsp3) is 0.133. The summed E-state index contributed by atoms with van der Waals surface area (Å²) in [5.41, 5.74) is 3.64. The van der Waals surface area contributed by atoms with Crippen molar-refractivity contribution in [2.45, 2.75) is 13.8 Å². The topological polar surface area (TPSA) is 42.0 Å². The molecule has 0 aliphatic carbocycles. The number of aromatic nitrogens is 2. The normalized spacial score (nSPS) is 11.6. The van der Waals surface area contributed by atoms with Crippen molar-refractivity contribution in [1.82, 2.24) is 9.38 Å². The number of fused-ring (bicyclic) bond motifs is 1. The number of imidazole rings is 1. The van der Waals surface area contributed by atoms with E-state index in [-0.39, 0.29) is 0 Å². The molecule has 0 bridgehead atoms. The number of hydrogen-bond acceptors (Lipinski definition) is 3. The third kappa shape index (κ3) is 2.42. The molecule has 4 nitrogen and oxygen atoms in total. The minimum Gasteiger partial charge on any atom is -0.283 e. The highest BCUT2D eigenvalue weighted by atomic mass is 35.5. The number of rotatable bonds is 2. The van der Waals surface area contributed by atoms with Crippen LogP contribution in [0.2, 0.25) is 5.02 Å². The molecule has 0 aliphatic rings. The van der Waals surface area contributed by atoms with Crippen LogP contribution in [0.1, 0.15) is 11.3 Å². The van der Waals surface area contributed by atoms with Gasteiger partial charge in [-0.05, 0) is 49.7 Å². The average molecular weight is 285 g/mol. The maximum Gasteiger partial charge on any atom is 0.182 e. The molecule has 2 heterocycles. The van der Waals surface area contributed by atoms with Crippen LogP contribution in [0.5, 0.6) is 0 Å². The van der Waals surface area contributed by atoms with Crippen molar-refractivity contribution < 1.29 is 0 Å². The number of aryl methyl sites for hydroxylation is 2.